The van der Waals surface area contributed by atoms with E-state index in [0.717, 1.165) is 4.57 Å². The molecule has 2 aromatic rings. The van der Waals surface area contributed by atoms with Gasteiger partial charge in [0, 0.05) is 23.1 Å². The van der Waals surface area contributed by atoms with Gasteiger partial charge >= 0.3 is 35.1 Å². The maximum Gasteiger partial charge on any atom is 0.490 e. The molecule has 5 N–H and O–H groups in total. The third-order valence-corrected chi connectivity index (χ3v) is 9.30. The number of ether oxygens (including phenoxy) is 2. The molecule has 1 fully saturated rings. The second-order valence-corrected chi connectivity index (χ2v) is 13.0. The van der Waals surface area contributed by atoms with Crippen LogP contribution in [0.2, 0.25) is 0 Å². The van der Waals surface area contributed by atoms with E-state index in [4.69, 9.17) is 24.8 Å². The largest absolute Gasteiger partial charge is 0.490 e. The number of esters is 1. The molecule has 1 saturated heterocycles. The smallest absolute Gasteiger partial charge is 0.459 e. The van der Waals surface area contributed by atoms with Crippen molar-refractivity contribution in [2.75, 3.05) is 6.61 Å². The van der Waals surface area contributed by atoms with Crippen molar-refractivity contribution in [3.63, 3.8) is 0 Å². The molecule has 0 amide bonds. The number of azide groups is 1. The number of H-pyrrole nitrogens is 1. The van der Waals surface area contributed by atoms with Crippen molar-refractivity contribution in [3.05, 3.63) is 78.4 Å². The third-order valence-electron chi connectivity index (χ3n) is 5.49. The number of benzene rings is 1. The molecule has 230 valence electrons. The van der Waals surface area contributed by atoms with Crippen LogP contribution in [-0.4, -0.2) is 53.9 Å². The summed E-state index contributed by atoms with van der Waals surface area (Å²) in [6, 6.07) is 6.51. The quantitative estimate of drug-likeness (QED) is 0.0670. The number of hydrogen-bond acceptors (Lipinski definition) is 12. The molecule has 1 aliphatic rings. The lowest BCUT2D eigenvalue weighted by atomic mass is 10.0. The van der Waals surface area contributed by atoms with E-state index in [2.05, 4.69) is 28.2 Å². The van der Waals surface area contributed by atoms with Gasteiger partial charge in [-0.05, 0) is 23.6 Å². The van der Waals surface area contributed by atoms with Gasteiger partial charge in [0.2, 0.25) is 0 Å². The molecule has 2 heterocycles. The molecule has 3 unspecified atom stereocenters. The lowest BCUT2D eigenvalue weighted by Gasteiger charge is -2.21. The molecule has 0 saturated carbocycles. The molecule has 3 rings (SSSR count). The number of aryl methyl sites for hydroxylation is 1. The number of nitrogens with zero attached hydrogens (tertiary/aromatic N) is 4. The summed E-state index contributed by atoms with van der Waals surface area (Å²) in [5, 5.41) is 3.46. The van der Waals surface area contributed by atoms with E-state index < -0.39 is 65.7 Å². The highest BCUT2D eigenvalue weighted by atomic mass is 31.3. The molecule has 0 bridgehead atoms. The van der Waals surface area contributed by atoms with Crippen LogP contribution in [0.1, 0.15) is 29.3 Å². The number of nitrogens with one attached hydrogen (secondary N) is 1. The molecule has 0 radical (unpaired) electrons. The second kappa shape index (κ2) is 13.6. The fourth-order valence-corrected chi connectivity index (χ4v) is 6.80. The summed E-state index contributed by atoms with van der Waals surface area (Å²) >= 11 is 0. The first-order valence-electron chi connectivity index (χ1n) is 11.5. The van der Waals surface area contributed by atoms with Gasteiger partial charge in [-0.3, -0.25) is 23.7 Å². The highest BCUT2D eigenvalue weighted by Crippen LogP contribution is 2.66. The Bertz CT molecular complexity index is 1630. The topological polar surface area (TPSA) is 299 Å². The van der Waals surface area contributed by atoms with Crippen molar-refractivity contribution < 1.29 is 60.7 Å². The maximum atomic E-state index is 12.8. The first-order valence-corrected chi connectivity index (χ1v) is 16.0. The van der Waals surface area contributed by atoms with Crippen molar-refractivity contribution >= 4 is 29.4 Å². The minimum absolute atomic E-state index is 0.0499. The van der Waals surface area contributed by atoms with Crippen LogP contribution in [0.5, 0.6) is 0 Å². The van der Waals surface area contributed by atoms with E-state index in [0.29, 0.717) is 11.1 Å². The summed E-state index contributed by atoms with van der Waals surface area (Å²) in [5.74, 6) is -0.828. The number of hydrogen-bond donors (Lipinski definition) is 5. The number of rotatable bonds is 13. The molecule has 1 aromatic heterocycles. The van der Waals surface area contributed by atoms with Crippen molar-refractivity contribution in [3.8, 4) is 0 Å². The van der Waals surface area contributed by atoms with E-state index in [1.807, 2.05) is 0 Å². The van der Waals surface area contributed by atoms with Crippen LogP contribution in [0.4, 0.5) is 0 Å². The standard InChI is InChI=1S/C19H24N5O15P3/c1-11-9-24(19(27)22-18(11)26)16-7-14(37-17(25)6-12-4-2-3-5-13(12)8-21-23-20)15(36-16)10-35-41(31,32)39-42(33,34)38-40(28,29)30/h2-5,9,14-16H,6-8,10H2,1H3,(H,31,32)(H,33,34)(H,22,26,27)(H2,28,29,30)/t14?,15-,16-/m1/s1. The fourth-order valence-electron chi connectivity index (χ4n) is 3.77. The zero-order valence-corrected chi connectivity index (χ0v) is 24.0. The van der Waals surface area contributed by atoms with Crippen LogP contribution in [0.3, 0.4) is 0 Å². The van der Waals surface area contributed by atoms with Gasteiger partial charge in [-0.2, -0.15) is 8.62 Å². The number of aromatic nitrogens is 2. The SMILES string of the molecule is Cc1cn([C@H]2CC(OC(=O)Cc3ccccc3CN=[N+]=[N-])[C@@H](COP(=O)(O)OP(=O)(O)OP(=O)(O)O)O2)c(=O)[nH]c1=O. The van der Waals surface area contributed by atoms with Gasteiger partial charge in [-0.15, -0.1) is 0 Å². The van der Waals surface area contributed by atoms with Crippen molar-refractivity contribution in [1.82, 2.24) is 9.55 Å². The van der Waals surface area contributed by atoms with Gasteiger partial charge in [0.25, 0.3) is 5.56 Å². The lowest BCUT2D eigenvalue weighted by Crippen LogP contribution is -2.33. The fraction of sp³-hybridized carbons (Fsp3) is 0.421. The summed E-state index contributed by atoms with van der Waals surface area (Å²) in [6.45, 7) is 0.385. The molecule has 42 heavy (non-hydrogen) atoms. The lowest BCUT2D eigenvalue weighted by molar-refractivity contribution is -0.152. The van der Waals surface area contributed by atoms with Crippen LogP contribution >= 0.6 is 23.5 Å². The number of phosphoric acid groups is 3. The molecule has 0 aliphatic carbocycles. The van der Waals surface area contributed by atoms with Gasteiger partial charge in [0.1, 0.15) is 18.4 Å². The highest BCUT2D eigenvalue weighted by Gasteiger charge is 2.44. The van der Waals surface area contributed by atoms with Crippen LogP contribution in [0.25, 0.3) is 10.4 Å². The summed E-state index contributed by atoms with van der Waals surface area (Å²) in [4.78, 5) is 78.2. The van der Waals surface area contributed by atoms with E-state index in [9.17, 15) is 37.9 Å². The first-order chi connectivity index (χ1) is 19.5. The van der Waals surface area contributed by atoms with Crippen LogP contribution in [0, 0.1) is 6.92 Å². The average Bonchev–Trinajstić information content (AvgIpc) is 3.24. The number of carbonyl (C=O) groups excluding carboxylic acids is 1. The number of phosphoric ester groups is 1. The summed E-state index contributed by atoms with van der Waals surface area (Å²) in [5.41, 5.74) is 8.16. The summed E-state index contributed by atoms with van der Waals surface area (Å²) in [7, 11) is -17.0. The first kappa shape index (κ1) is 33.6. The third kappa shape index (κ3) is 9.81. The second-order valence-electron chi connectivity index (χ2n) is 8.59. The van der Waals surface area contributed by atoms with Gasteiger partial charge in [-0.1, -0.05) is 29.4 Å². The van der Waals surface area contributed by atoms with Crippen molar-refractivity contribution in [2.24, 2.45) is 5.11 Å². The van der Waals surface area contributed by atoms with Crippen LogP contribution < -0.4 is 11.2 Å². The number of carbonyl (C=O) groups is 1. The predicted molar refractivity (Wildman–Crippen MR) is 137 cm³/mol. The van der Waals surface area contributed by atoms with E-state index in [1.165, 1.54) is 13.1 Å². The Hall–Kier alpha value is -2.95. The molecule has 20 nitrogen and oxygen atoms in total. The molecule has 1 aliphatic heterocycles. The van der Waals surface area contributed by atoms with Gasteiger partial charge in [0.15, 0.2) is 0 Å². The zero-order chi connectivity index (χ0) is 31.3. The van der Waals surface area contributed by atoms with E-state index >= 15 is 0 Å². The minimum Gasteiger partial charge on any atom is -0.459 e. The Morgan fingerprint density at radius 1 is 1.14 bits per heavy atom. The maximum absolute atomic E-state index is 12.8. The Morgan fingerprint density at radius 2 is 1.81 bits per heavy atom. The molecular weight excluding hydrogens is 631 g/mol. The van der Waals surface area contributed by atoms with Gasteiger partial charge < -0.3 is 29.0 Å². The monoisotopic (exact) mass is 655 g/mol. The Kier molecular flexibility index (Phi) is 10.8. The Balaban J connectivity index is 1.80. The van der Waals surface area contributed by atoms with Crippen LogP contribution in [-0.2, 0) is 54.1 Å². The predicted octanol–water partition coefficient (Wildman–Crippen LogP) is 1.44. The highest BCUT2D eigenvalue weighted by molar-refractivity contribution is 7.66. The van der Waals surface area contributed by atoms with Crippen LogP contribution in [0.15, 0.2) is 45.2 Å². The van der Waals surface area contributed by atoms with Gasteiger partial charge in [-0.25, -0.2) is 18.5 Å². The van der Waals surface area contributed by atoms with Gasteiger partial charge in [0.05, 0.1) is 19.6 Å². The summed E-state index contributed by atoms with van der Waals surface area (Å²) < 4.78 is 58.7. The van der Waals surface area contributed by atoms with Crippen molar-refractivity contribution in [1.29, 1.82) is 0 Å². The Labute approximate surface area is 234 Å². The number of aromatic amines is 1. The molecule has 1 aromatic carbocycles. The summed E-state index contributed by atoms with van der Waals surface area (Å²) in [6.07, 6.45) is -3.25. The van der Waals surface area contributed by atoms with Crippen molar-refractivity contribution in [2.45, 2.75) is 44.7 Å². The average molecular weight is 655 g/mol. The molecular formula is C19H24N5O15P3. The zero-order valence-electron chi connectivity index (χ0n) is 21.4. The van der Waals surface area contributed by atoms with E-state index in [-0.39, 0.29) is 24.9 Å². The Morgan fingerprint density at radius 3 is 2.45 bits per heavy atom. The van der Waals surface area contributed by atoms with E-state index in [1.54, 1.807) is 24.3 Å². The molecule has 23 heteroatoms. The molecule has 0 spiro atoms. The molecule has 5 atom stereocenters. The minimum atomic E-state index is -5.80. The normalized spacial score (nSPS) is 21.6.